The van der Waals surface area contributed by atoms with E-state index in [9.17, 15) is 0 Å². The van der Waals surface area contributed by atoms with Crippen LogP contribution in [0.2, 0.25) is 5.02 Å². The number of nitrogens with two attached hydrogens (primary N) is 1. The molecule has 2 bridgehead atoms. The van der Waals surface area contributed by atoms with Crippen molar-refractivity contribution < 1.29 is 4.74 Å². The first-order chi connectivity index (χ1) is 16.1. The van der Waals surface area contributed by atoms with E-state index in [0.29, 0.717) is 23.9 Å². The second-order valence-corrected chi connectivity index (χ2v) is 9.60. The SMILES string of the molecule is Nc1cccc(-c2ccc(CCNC3CC4COCC(C3)N4Cc3ccc(Cl)cc3)cc2)n1. The number of benzene rings is 2. The van der Waals surface area contributed by atoms with E-state index in [1.165, 1.54) is 11.1 Å². The Balaban J connectivity index is 1.13. The van der Waals surface area contributed by atoms with Gasteiger partial charge in [0.05, 0.1) is 18.9 Å². The number of aromatic nitrogens is 1. The van der Waals surface area contributed by atoms with Gasteiger partial charge < -0.3 is 15.8 Å². The Labute approximate surface area is 200 Å². The Hall–Kier alpha value is -2.44. The number of morpholine rings is 1. The van der Waals surface area contributed by atoms with Crippen LogP contribution < -0.4 is 11.1 Å². The second kappa shape index (κ2) is 10.2. The fourth-order valence-electron chi connectivity index (χ4n) is 5.09. The molecule has 2 fully saturated rings. The molecule has 5 nitrogen and oxygen atoms in total. The van der Waals surface area contributed by atoms with Crippen LogP contribution in [0.3, 0.4) is 0 Å². The van der Waals surface area contributed by atoms with Crippen molar-refractivity contribution in [3.05, 3.63) is 82.9 Å². The van der Waals surface area contributed by atoms with Gasteiger partial charge in [-0.2, -0.15) is 0 Å². The van der Waals surface area contributed by atoms with Crippen LogP contribution in [0, 0.1) is 0 Å². The normalized spacial score (nSPS) is 22.9. The van der Waals surface area contributed by atoms with Gasteiger partial charge in [0.1, 0.15) is 5.82 Å². The van der Waals surface area contributed by atoms with Crippen molar-refractivity contribution in [2.45, 2.75) is 43.9 Å². The van der Waals surface area contributed by atoms with Gasteiger partial charge in [0.15, 0.2) is 0 Å². The molecule has 1 aromatic heterocycles. The Kier molecular flexibility index (Phi) is 6.93. The van der Waals surface area contributed by atoms with Crippen molar-refractivity contribution in [1.82, 2.24) is 15.2 Å². The molecule has 6 heteroatoms. The smallest absolute Gasteiger partial charge is 0.124 e. The summed E-state index contributed by atoms with van der Waals surface area (Å²) in [7, 11) is 0. The van der Waals surface area contributed by atoms with E-state index < -0.39 is 0 Å². The van der Waals surface area contributed by atoms with Crippen LogP contribution in [0.5, 0.6) is 0 Å². The van der Waals surface area contributed by atoms with Crippen LogP contribution in [-0.2, 0) is 17.7 Å². The van der Waals surface area contributed by atoms with E-state index in [4.69, 9.17) is 22.1 Å². The van der Waals surface area contributed by atoms with Crippen molar-refractivity contribution in [3.63, 3.8) is 0 Å². The van der Waals surface area contributed by atoms with Gasteiger partial charge >= 0.3 is 0 Å². The highest BCUT2D eigenvalue weighted by molar-refractivity contribution is 6.30. The highest BCUT2D eigenvalue weighted by Gasteiger charge is 2.38. The minimum atomic E-state index is 0.468. The first kappa shape index (κ1) is 22.4. The summed E-state index contributed by atoms with van der Waals surface area (Å²) >= 11 is 6.05. The molecule has 2 saturated heterocycles. The number of nitrogens with one attached hydrogen (secondary N) is 1. The molecule has 2 aliphatic heterocycles. The van der Waals surface area contributed by atoms with Crippen LogP contribution >= 0.6 is 11.6 Å². The third-order valence-corrected chi connectivity index (χ3v) is 7.07. The van der Waals surface area contributed by atoms with E-state index in [1.807, 2.05) is 30.3 Å². The molecule has 3 aromatic rings. The third-order valence-electron chi connectivity index (χ3n) is 6.82. The van der Waals surface area contributed by atoms with E-state index >= 15 is 0 Å². The van der Waals surface area contributed by atoms with Crippen molar-refractivity contribution in [1.29, 1.82) is 0 Å². The number of ether oxygens (including phenoxy) is 1. The summed E-state index contributed by atoms with van der Waals surface area (Å²) in [4.78, 5) is 7.04. The summed E-state index contributed by atoms with van der Waals surface area (Å²) in [6.07, 6.45) is 3.27. The maximum Gasteiger partial charge on any atom is 0.124 e. The predicted molar refractivity (Wildman–Crippen MR) is 134 cm³/mol. The van der Waals surface area contributed by atoms with Gasteiger partial charge in [-0.25, -0.2) is 4.98 Å². The Morgan fingerprint density at radius 2 is 1.64 bits per heavy atom. The fourth-order valence-corrected chi connectivity index (χ4v) is 5.22. The molecule has 0 saturated carbocycles. The molecule has 172 valence electrons. The standard InChI is InChI=1S/C27H31ClN4O/c28-22-10-6-20(7-11-22)16-32-24-14-23(15-25(32)18-33-17-24)30-13-12-19-4-8-21(9-5-19)26-2-1-3-27(29)31-26/h1-11,23-25,30H,12-18H2,(H2,29,31). The Morgan fingerprint density at radius 1 is 0.939 bits per heavy atom. The average molecular weight is 463 g/mol. The van der Waals surface area contributed by atoms with Gasteiger partial charge in [0.25, 0.3) is 0 Å². The third kappa shape index (κ3) is 5.56. The zero-order chi connectivity index (χ0) is 22.6. The first-order valence-corrected chi connectivity index (χ1v) is 12.1. The topological polar surface area (TPSA) is 63.4 Å². The minimum absolute atomic E-state index is 0.468. The molecular weight excluding hydrogens is 432 g/mol. The molecule has 2 unspecified atom stereocenters. The summed E-state index contributed by atoms with van der Waals surface area (Å²) in [5, 5.41) is 4.61. The summed E-state index contributed by atoms with van der Waals surface area (Å²) in [6.45, 7) is 3.60. The van der Waals surface area contributed by atoms with Crippen molar-refractivity contribution in [2.24, 2.45) is 0 Å². The summed E-state index contributed by atoms with van der Waals surface area (Å²) in [5.74, 6) is 0.551. The summed E-state index contributed by atoms with van der Waals surface area (Å²) < 4.78 is 5.90. The quantitative estimate of drug-likeness (QED) is 0.539. The first-order valence-electron chi connectivity index (χ1n) is 11.8. The van der Waals surface area contributed by atoms with Crippen molar-refractivity contribution in [2.75, 3.05) is 25.5 Å². The number of piperidine rings is 1. The molecule has 2 aromatic carbocycles. The average Bonchev–Trinajstić information content (AvgIpc) is 2.81. The van der Waals surface area contributed by atoms with Crippen LogP contribution in [0.4, 0.5) is 5.82 Å². The van der Waals surface area contributed by atoms with Crippen molar-refractivity contribution >= 4 is 17.4 Å². The number of fused-ring (bicyclic) bond motifs is 2. The van der Waals surface area contributed by atoms with Crippen LogP contribution in [0.15, 0.2) is 66.7 Å². The molecule has 5 rings (SSSR count). The highest BCUT2D eigenvalue weighted by Crippen LogP contribution is 2.30. The van der Waals surface area contributed by atoms with E-state index in [2.05, 4.69) is 51.6 Å². The van der Waals surface area contributed by atoms with E-state index in [1.54, 1.807) is 0 Å². The number of hydrogen-bond acceptors (Lipinski definition) is 5. The number of nitrogen functional groups attached to an aromatic ring is 1. The number of nitrogens with zero attached hydrogens (tertiary/aromatic N) is 2. The molecule has 0 radical (unpaired) electrons. The van der Waals surface area contributed by atoms with Gasteiger partial charge in [0.2, 0.25) is 0 Å². The minimum Gasteiger partial charge on any atom is -0.384 e. The molecule has 3 heterocycles. The number of pyridine rings is 1. The van der Waals surface area contributed by atoms with Gasteiger partial charge in [0, 0.05) is 35.3 Å². The maximum atomic E-state index is 6.05. The molecule has 3 N–H and O–H groups in total. The second-order valence-electron chi connectivity index (χ2n) is 9.16. The number of hydrogen-bond donors (Lipinski definition) is 2. The van der Waals surface area contributed by atoms with Gasteiger partial charge in [-0.1, -0.05) is 54.1 Å². The highest BCUT2D eigenvalue weighted by atomic mass is 35.5. The Morgan fingerprint density at radius 3 is 2.33 bits per heavy atom. The fraction of sp³-hybridized carbons (Fsp3) is 0.370. The van der Waals surface area contributed by atoms with Crippen LogP contribution in [0.1, 0.15) is 24.0 Å². The number of halogens is 1. The maximum absolute atomic E-state index is 6.05. The zero-order valence-corrected chi connectivity index (χ0v) is 19.5. The molecule has 0 aliphatic carbocycles. The number of anilines is 1. The lowest BCUT2D eigenvalue weighted by Gasteiger charge is -2.48. The van der Waals surface area contributed by atoms with Crippen LogP contribution in [-0.4, -0.2) is 47.8 Å². The van der Waals surface area contributed by atoms with Gasteiger partial charge in [-0.05, 0) is 61.2 Å². The summed E-state index contributed by atoms with van der Waals surface area (Å²) in [5.41, 5.74) is 10.5. The van der Waals surface area contributed by atoms with Crippen molar-refractivity contribution in [3.8, 4) is 11.3 Å². The zero-order valence-electron chi connectivity index (χ0n) is 18.8. The molecule has 33 heavy (non-hydrogen) atoms. The number of rotatable bonds is 7. The lowest BCUT2D eigenvalue weighted by molar-refractivity contribution is -0.0851. The summed E-state index contributed by atoms with van der Waals surface area (Å²) in [6, 6.07) is 24.1. The van der Waals surface area contributed by atoms with Crippen LogP contribution in [0.25, 0.3) is 11.3 Å². The predicted octanol–water partition coefficient (Wildman–Crippen LogP) is 4.55. The lowest BCUT2D eigenvalue weighted by Crippen LogP contribution is -2.59. The van der Waals surface area contributed by atoms with Gasteiger partial charge in [-0.15, -0.1) is 0 Å². The largest absolute Gasteiger partial charge is 0.384 e. The van der Waals surface area contributed by atoms with Gasteiger partial charge in [-0.3, -0.25) is 4.90 Å². The lowest BCUT2D eigenvalue weighted by atomic mass is 9.89. The molecular formula is C27H31ClN4O. The molecule has 2 atom stereocenters. The molecule has 2 aliphatic rings. The monoisotopic (exact) mass is 462 g/mol. The van der Waals surface area contributed by atoms with E-state index in [-0.39, 0.29) is 0 Å². The Bertz CT molecular complexity index is 1040. The molecule has 0 spiro atoms. The van der Waals surface area contributed by atoms with E-state index in [0.717, 1.165) is 61.8 Å². The molecule has 0 amide bonds.